The van der Waals surface area contributed by atoms with E-state index in [0.717, 1.165) is 11.1 Å². The van der Waals surface area contributed by atoms with Crippen LogP contribution >= 0.6 is 11.6 Å². The Morgan fingerprint density at radius 1 is 1.05 bits per heavy atom. The van der Waals surface area contributed by atoms with Crippen LogP contribution in [0.1, 0.15) is 43.0 Å². The van der Waals surface area contributed by atoms with Crippen molar-refractivity contribution in [2.24, 2.45) is 17.8 Å². The van der Waals surface area contributed by atoms with Gasteiger partial charge in [-0.15, -0.1) is 0 Å². The lowest BCUT2D eigenvalue weighted by Crippen LogP contribution is -2.55. The van der Waals surface area contributed by atoms with Gasteiger partial charge in [0.25, 0.3) is 0 Å². The Balaban J connectivity index is 1.43. The van der Waals surface area contributed by atoms with E-state index >= 15 is 0 Å². The summed E-state index contributed by atoms with van der Waals surface area (Å²) in [6.07, 6.45) is 0.408. The lowest BCUT2D eigenvalue weighted by atomic mass is 9.62. The molecule has 3 aromatic rings. The number of nitrogens with zero attached hydrogens (tertiary/aromatic N) is 1. The van der Waals surface area contributed by atoms with Gasteiger partial charge >= 0.3 is 0 Å². The standard InChI is InChI=1S/C34H36ClN3O5/c1-20-11-10-16-24(35)28(20)37-31(41)29-34-17-21(2)33(3,43-34)26(30(40)36-18-22-12-6-4-7-13-22)27(34)32(42)38(29)25(19-39)23-14-8-5-9-15-23/h4-16,21,25-27,29,39H,17-19H2,1-3H3,(H,36,40)(H,37,41)/t21?,25-,26+,27+,29?,33-,34?/m1/s1. The van der Waals surface area contributed by atoms with Crippen LogP contribution in [0.3, 0.4) is 0 Å². The van der Waals surface area contributed by atoms with Gasteiger partial charge in [0.05, 0.1) is 40.8 Å². The van der Waals surface area contributed by atoms with Gasteiger partial charge in [0.2, 0.25) is 17.7 Å². The van der Waals surface area contributed by atoms with Gasteiger partial charge in [-0.05, 0) is 48.9 Å². The molecule has 3 aliphatic heterocycles. The van der Waals surface area contributed by atoms with Crippen LogP contribution in [0.15, 0.2) is 78.9 Å². The molecule has 0 saturated carbocycles. The summed E-state index contributed by atoms with van der Waals surface area (Å²) in [5.74, 6) is -3.00. The Morgan fingerprint density at radius 3 is 2.37 bits per heavy atom. The molecule has 1 spiro atoms. The molecular weight excluding hydrogens is 566 g/mol. The summed E-state index contributed by atoms with van der Waals surface area (Å²) in [5.41, 5.74) is 0.590. The number of hydrogen-bond donors (Lipinski definition) is 3. The number of aryl methyl sites for hydroxylation is 1. The van der Waals surface area contributed by atoms with Gasteiger partial charge in [0, 0.05) is 6.54 Å². The number of carbonyl (C=O) groups is 3. The molecule has 0 aromatic heterocycles. The minimum atomic E-state index is -1.28. The first-order valence-corrected chi connectivity index (χ1v) is 15.1. The number of halogens is 1. The molecule has 9 heteroatoms. The highest BCUT2D eigenvalue weighted by Gasteiger charge is 2.80. The van der Waals surface area contributed by atoms with E-state index in [4.69, 9.17) is 16.3 Å². The molecule has 0 radical (unpaired) electrons. The quantitative estimate of drug-likeness (QED) is 0.348. The van der Waals surface area contributed by atoms with Gasteiger partial charge in [-0.2, -0.15) is 0 Å². The van der Waals surface area contributed by atoms with Crippen molar-refractivity contribution in [1.82, 2.24) is 10.2 Å². The third-order valence-electron chi connectivity index (χ3n) is 9.76. The van der Waals surface area contributed by atoms with E-state index in [2.05, 4.69) is 10.6 Å². The third-order valence-corrected chi connectivity index (χ3v) is 10.1. The SMILES string of the molecule is Cc1cccc(Cl)c1NC(=O)C1N([C@H](CO)c2ccccc2)C(=O)[C@@H]2[C@@H](C(=O)NCc3ccccc3)[C@]3(C)OC12CC3C. The molecular formula is C34H36ClN3O5. The molecule has 3 fully saturated rings. The Kier molecular flexibility index (Phi) is 7.57. The number of ether oxygens (including phenoxy) is 1. The van der Waals surface area contributed by atoms with Gasteiger partial charge < -0.3 is 25.4 Å². The molecule has 3 saturated heterocycles. The van der Waals surface area contributed by atoms with Crippen molar-refractivity contribution in [3.05, 3.63) is 101 Å². The number of rotatable bonds is 8. The topological polar surface area (TPSA) is 108 Å². The van der Waals surface area contributed by atoms with Crippen molar-refractivity contribution < 1.29 is 24.2 Å². The molecule has 3 N–H and O–H groups in total. The number of aliphatic hydroxyl groups excluding tert-OH is 1. The maximum Gasteiger partial charge on any atom is 0.250 e. The second-order valence-electron chi connectivity index (χ2n) is 12.2. The van der Waals surface area contributed by atoms with Crippen molar-refractivity contribution in [3.63, 3.8) is 0 Å². The molecule has 2 bridgehead atoms. The lowest BCUT2D eigenvalue weighted by molar-refractivity contribution is -0.149. The minimum absolute atomic E-state index is 0.120. The maximum atomic E-state index is 14.6. The van der Waals surface area contributed by atoms with Gasteiger partial charge in [-0.25, -0.2) is 0 Å². The smallest absolute Gasteiger partial charge is 0.250 e. The Bertz CT molecular complexity index is 1530. The molecule has 0 aliphatic carbocycles. The molecule has 3 heterocycles. The zero-order valence-electron chi connectivity index (χ0n) is 24.4. The van der Waals surface area contributed by atoms with Crippen LogP contribution in [0, 0.1) is 24.7 Å². The highest BCUT2D eigenvalue weighted by molar-refractivity contribution is 6.34. The summed E-state index contributed by atoms with van der Waals surface area (Å²) in [6.45, 7) is 5.61. The Labute approximate surface area is 256 Å². The number of nitrogens with one attached hydrogen (secondary N) is 2. The first-order valence-electron chi connectivity index (χ1n) is 14.7. The van der Waals surface area contributed by atoms with Crippen LogP contribution in [0.25, 0.3) is 0 Å². The van der Waals surface area contributed by atoms with E-state index in [1.807, 2.05) is 87.5 Å². The fourth-order valence-electron chi connectivity index (χ4n) is 7.62. The summed E-state index contributed by atoms with van der Waals surface area (Å²) in [4.78, 5) is 44.5. The van der Waals surface area contributed by atoms with Gasteiger partial charge in [0.1, 0.15) is 11.6 Å². The number of likely N-dealkylation sites (tertiary alicyclic amines) is 1. The van der Waals surface area contributed by atoms with Gasteiger partial charge in [0.15, 0.2) is 0 Å². The summed E-state index contributed by atoms with van der Waals surface area (Å²) < 4.78 is 6.83. The molecule has 8 nitrogen and oxygen atoms in total. The van der Waals surface area contributed by atoms with E-state index in [1.54, 1.807) is 12.1 Å². The first kappa shape index (κ1) is 29.4. The fraction of sp³-hybridized carbons (Fsp3) is 0.382. The number of anilines is 1. The van der Waals surface area contributed by atoms with Crippen molar-refractivity contribution in [2.75, 3.05) is 11.9 Å². The number of aliphatic hydroxyl groups is 1. The predicted octanol–water partition coefficient (Wildman–Crippen LogP) is 4.65. The molecule has 3 amide bonds. The largest absolute Gasteiger partial charge is 0.394 e. The van der Waals surface area contributed by atoms with Gasteiger partial charge in [-0.3, -0.25) is 14.4 Å². The van der Waals surface area contributed by atoms with E-state index in [9.17, 15) is 19.5 Å². The highest BCUT2D eigenvalue weighted by atomic mass is 35.5. The summed E-state index contributed by atoms with van der Waals surface area (Å²) in [7, 11) is 0. The van der Waals surface area contributed by atoms with Crippen molar-refractivity contribution in [1.29, 1.82) is 0 Å². The van der Waals surface area contributed by atoms with Crippen LogP contribution in [0.4, 0.5) is 5.69 Å². The molecule has 3 aliphatic rings. The van der Waals surface area contributed by atoms with Crippen molar-refractivity contribution in [3.8, 4) is 0 Å². The van der Waals surface area contributed by atoms with Gasteiger partial charge in [-0.1, -0.05) is 91.3 Å². The number of fused-ring (bicyclic) bond motifs is 1. The maximum absolute atomic E-state index is 14.6. The van der Waals surface area contributed by atoms with E-state index in [0.29, 0.717) is 29.2 Å². The average Bonchev–Trinajstić information content (AvgIpc) is 3.52. The van der Waals surface area contributed by atoms with Crippen molar-refractivity contribution >= 4 is 35.0 Å². The highest BCUT2D eigenvalue weighted by Crippen LogP contribution is 2.66. The summed E-state index contributed by atoms with van der Waals surface area (Å²) >= 11 is 6.50. The number of carbonyl (C=O) groups excluding carboxylic acids is 3. The zero-order chi connectivity index (χ0) is 30.5. The van der Waals surface area contributed by atoms with Crippen LogP contribution in [-0.4, -0.2) is 51.6 Å². The fourth-order valence-corrected chi connectivity index (χ4v) is 7.89. The van der Waals surface area contributed by atoms with Crippen LogP contribution in [-0.2, 0) is 25.7 Å². The van der Waals surface area contributed by atoms with E-state index < -0.39 is 47.6 Å². The third kappa shape index (κ3) is 4.63. The Hall–Kier alpha value is -3.72. The zero-order valence-corrected chi connectivity index (χ0v) is 25.2. The molecule has 3 aromatic carbocycles. The van der Waals surface area contributed by atoms with E-state index in [-0.39, 0.29) is 17.7 Å². The molecule has 6 rings (SSSR count). The monoisotopic (exact) mass is 601 g/mol. The van der Waals surface area contributed by atoms with Crippen LogP contribution in [0.2, 0.25) is 5.02 Å². The Morgan fingerprint density at radius 2 is 1.72 bits per heavy atom. The van der Waals surface area contributed by atoms with E-state index in [1.165, 1.54) is 4.90 Å². The normalized spacial score (nSPS) is 29.8. The summed E-state index contributed by atoms with van der Waals surface area (Å²) in [6, 6.07) is 22.1. The number of para-hydroxylation sites is 1. The number of benzene rings is 3. The predicted molar refractivity (Wildman–Crippen MR) is 163 cm³/mol. The minimum Gasteiger partial charge on any atom is -0.394 e. The molecule has 3 unspecified atom stereocenters. The first-order chi connectivity index (χ1) is 20.6. The number of amides is 3. The molecule has 43 heavy (non-hydrogen) atoms. The van der Waals surface area contributed by atoms with Crippen LogP contribution < -0.4 is 10.6 Å². The van der Waals surface area contributed by atoms with Crippen molar-refractivity contribution in [2.45, 2.75) is 57.0 Å². The lowest BCUT2D eigenvalue weighted by Gasteiger charge is -2.37. The molecule has 224 valence electrons. The number of hydrogen-bond acceptors (Lipinski definition) is 5. The summed E-state index contributed by atoms with van der Waals surface area (Å²) in [5, 5.41) is 17.1. The van der Waals surface area contributed by atoms with Crippen LogP contribution in [0.5, 0.6) is 0 Å². The molecule has 7 atom stereocenters. The average molecular weight is 602 g/mol. The second-order valence-corrected chi connectivity index (χ2v) is 12.6. The second kappa shape index (κ2) is 11.1.